The summed E-state index contributed by atoms with van der Waals surface area (Å²) in [6.45, 7) is 1.59. The van der Waals surface area contributed by atoms with Crippen LogP contribution in [0.25, 0.3) is 10.9 Å². The van der Waals surface area contributed by atoms with Gasteiger partial charge in [-0.25, -0.2) is 0 Å². The number of nitrogens with two attached hydrogens (primary N) is 1. The smallest absolute Gasteiger partial charge is 0.107 e. The van der Waals surface area contributed by atoms with Crippen LogP contribution in [-0.2, 0) is 4.74 Å². The van der Waals surface area contributed by atoms with Crippen LogP contribution in [0.15, 0.2) is 30.5 Å². The summed E-state index contributed by atoms with van der Waals surface area (Å²) in [5.41, 5.74) is 8.59. The molecule has 0 spiro atoms. The molecule has 3 rings (SSSR count). The summed E-state index contributed by atoms with van der Waals surface area (Å²) in [5.74, 6) is 0. The molecule has 1 aliphatic heterocycles. The number of nitrogens with zero attached hydrogens (tertiary/aromatic N) is 1. The maximum atomic E-state index is 5.84. The Morgan fingerprint density at radius 2 is 2.05 bits per heavy atom. The van der Waals surface area contributed by atoms with Crippen LogP contribution in [-0.4, -0.2) is 29.2 Å². The van der Waals surface area contributed by atoms with Crippen molar-refractivity contribution in [3.05, 3.63) is 36.0 Å². The molecular formula is C15H17N3OS. The second-order valence-corrected chi connectivity index (χ2v) is 5.40. The van der Waals surface area contributed by atoms with Crippen molar-refractivity contribution in [1.82, 2.24) is 4.98 Å². The maximum Gasteiger partial charge on any atom is 0.107 e. The molecule has 5 heteroatoms. The summed E-state index contributed by atoms with van der Waals surface area (Å²) in [6.07, 6.45) is 3.74. The molecule has 20 heavy (non-hydrogen) atoms. The Balaban J connectivity index is 2.04. The van der Waals surface area contributed by atoms with E-state index >= 15 is 0 Å². The molecule has 0 radical (unpaired) electrons. The third-order valence-corrected chi connectivity index (χ3v) is 3.83. The minimum absolute atomic E-state index is 0.373. The lowest BCUT2D eigenvalue weighted by Gasteiger charge is -2.26. The summed E-state index contributed by atoms with van der Waals surface area (Å²) in [7, 11) is 0. The number of hydrogen-bond acceptors (Lipinski definition) is 4. The fraction of sp³-hybridized carbons (Fsp3) is 0.333. The molecule has 0 aliphatic carbocycles. The van der Waals surface area contributed by atoms with E-state index in [1.165, 1.54) is 0 Å². The van der Waals surface area contributed by atoms with Gasteiger partial charge in [-0.3, -0.25) is 4.98 Å². The van der Waals surface area contributed by atoms with Gasteiger partial charge in [0.2, 0.25) is 0 Å². The standard InChI is InChI=1S/C15H17N3OS/c16-15(20)12-9-17-13-4-2-1-3-11(13)14(12)18-10-5-7-19-8-6-10/h1-4,9-10H,5-8H2,(H2,16,20)(H,17,18). The van der Waals surface area contributed by atoms with Crippen molar-refractivity contribution in [2.75, 3.05) is 18.5 Å². The summed E-state index contributed by atoms with van der Waals surface area (Å²) >= 11 is 5.15. The second-order valence-electron chi connectivity index (χ2n) is 4.96. The topological polar surface area (TPSA) is 60.2 Å². The SMILES string of the molecule is NC(=S)c1cnc2ccccc2c1NC1CCOCC1. The van der Waals surface area contributed by atoms with Gasteiger partial charge in [-0.05, 0) is 18.9 Å². The van der Waals surface area contributed by atoms with Gasteiger partial charge in [0.05, 0.1) is 16.8 Å². The van der Waals surface area contributed by atoms with Gasteiger partial charge < -0.3 is 15.8 Å². The first-order valence-electron chi connectivity index (χ1n) is 6.77. The van der Waals surface area contributed by atoms with Crippen molar-refractivity contribution in [3.8, 4) is 0 Å². The van der Waals surface area contributed by atoms with E-state index in [-0.39, 0.29) is 0 Å². The van der Waals surface area contributed by atoms with Crippen molar-refractivity contribution in [1.29, 1.82) is 0 Å². The van der Waals surface area contributed by atoms with Crippen molar-refractivity contribution in [2.24, 2.45) is 5.73 Å². The van der Waals surface area contributed by atoms with Crippen molar-refractivity contribution in [2.45, 2.75) is 18.9 Å². The fourth-order valence-electron chi connectivity index (χ4n) is 2.53. The summed E-state index contributed by atoms with van der Waals surface area (Å²) in [6, 6.07) is 8.42. The zero-order chi connectivity index (χ0) is 13.9. The van der Waals surface area contributed by atoms with Crippen molar-refractivity contribution < 1.29 is 4.74 Å². The molecule has 0 amide bonds. The Bertz CT molecular complexity index is 638. The number of pyridine rings is 1. The van der Waals surface area contributed by atoms with Crippen LogP contribution in [0.3, 0.4) is 0 Å². The molecule has 1 saturated heterocycles. The Labute approximate surface area is 123 Å². The molecule has 1 fully saturated rings. The van der Waals surface area contributed by atoms with Gasteiger partial charge in [-0.2, -0.15) is 0 Å². The molecule has 1 aromatic heterocycles. The maximum absolute atomic E-state index is 5.84. The number of ether oxygens (including phenoxy) is 1. The number of anilines is 1. The average Bonchev–Trinajstić information content (AvgIpc) is 2.48. The Morgan fingerprint density at radius 1 is 1.30 bits per heavy atom. The van der Waals surface area contributed by atoms with E-state index < -0.39 is 0 Å². The largest absolute Gasteiger partial charge is 0.389 e. The van der Waals surface area contributed by atoms with Crippen LogP contribution < -0.4 is 11.1 Å². The highest BCUT2D eigenvalue weighted by molar-refractivity contribution is 7.80. The molecular weight excluding hydrogens is 270 g/mol. The van der Waals surface area contributed by atoms with Crippen LogP contribution >= 0.6 is 12.2 Å². The quantitative estimate of drug-likeness (QED) is 0.849. The van der Waals surface area contributed by atoms with E-state index in [1.807, 2.05) is 24.3 Å². The predicted octanol–water partition coefficient (Wildman–Crippen LogP) is 2.46. The van der Waals surface area contributed by atoms with Gasteiger partial charge >= 0.3 is 0 Å². The lowest BCUT2D eigenvalue weighted by atomic mass is 10.0. The highest BCUT2D eigenvalue weighted by atomic mass is 32.1. The molecule has 3 N–H and O–H groups in total. The number of para-hydroxylation sites is 1. The van der Waals surface area contributed by atoms with E-state index in [2.05, 4.69) is 10.3 Å². The molecule has 4 nitrogen and oxygen atoms in total. The zero-order valence-electron chi connectivity index (χ0n) is 11.1. The number of hydrogen-bond donors (Lipinski definition) is 2. The molecule has 1 aliphatic rings. The van der Waals surface area contributed by atoms with Crippen LogP contribution in [0.4, 0.5) is 5.69 Å². The minimum Gasteiger partial charge on any atom is -0.389 e. The van der Waals surface area contributed by atoms with Crippen LogP contribution in [0.2, 0.25) is 0 Å². The first-order chi connectivity index (χ1) is 9.75. The monoisotopic (exact) mass is 287 g/mol. The lowest BCUT2D eigenvalue weighted by Crippen LogP contribution is -2.29. The normalized spacial score (nSPS) is 16.2. The van der Waals surface area contributed by atoms with Gasteiger partial charge in [-0.1, -0.05) is 30.4 Å². The first kappa shape index (κ1) is 13.3. The molecule has 0 unspecified atom stereocenters. The van der Waals surface area contributed by atoms with Gasteiger partial charge in [0.15, 0.2) is 0 Å². The average molecular weight is 287 g/mol. The number of benzene rings is 1. The number of fused-ring (bicyclic) bond motifs is 1. The van der Waals surface area contributed by atoms with Crippen LogP contribution in [0, 0.1) is 0 Å². The highest BCUT2D eigenvalue weighted by Crippen LogP contribution is 2.28. The van der Waals surface area contributed by atoms with Crippen LogP contribution in [0.5, 0.6) is 0 Å². The third-order valence-electron chi connectivity index (χ3n) is 3.61. The van der Waals surface area contributed by atoms with Crippen molar-refractivity contribution >= 4 is 33.8 Å². The van der Waals surface area contributed by atoms with E-state index in [0.717, 1.165) is 48.2 Å². The third kappa shape index (κ3) is 2.59. The summed E-state index contributed by atoms with van der Waals surface area (Å²) in [4.78, 5) is 4.80. The molecule has 0 saturated carbocycles. The highest BCUT2D eigenvalue weighted by Gasteiger charge is 2.17. The van der Waals surface area contributed by atoms with E-state index in [0.29, 0.717) is 11.0 Å². The predicted molar refractivity (Wildman–Crippen MR) is 85.1 cm³/mol. The first-order valence-corrected chi connectivity index (χ1v) is 7.18. The minimum atomic E-state index is 0.373. The molecule has 2 heterocycles. The second kappa shape index (κ2) is 5.73. The van der Waals surface area contributed by atoms with E-state index in [4.69, 9.17) is 22.7 Å². The Kier molecular flexibility index (Phi) is 3.80. The number of thiocarbonyl (C=S) groups is 1. The van der Waals surface area contributed by atoms with E-state index in [9.17, 15) is 0 Å². The van der Waals surface area contributed by atoms with Crippen molar-refractivity contribution in [3.63, 3.8) is 0 Å². The molecule has 1 aromatic carbocycles. The fourth-order valence-corrected chi connectivity index (χ4v) is 2.68. The van der Waals surface area contributed by atoms with Gasteiger partial charge in [0, 0.05) is 30.8 Å². The number of rotatable bonds is 3. The van der Waals surface area contributed by atoms with Crippen LogP contribution in [0.1, 0.15) is 18.4 Å². The lowest BCUT2D eigenvalue weighted by molar-refractivity contribution is 0.0905. The van der Waals surface area contributed by atoms with Gasteiger partial charge in [0.1, 0.15) is 4.99 Å². The Hall–Kier alpha value is -1.72. The van der Waals surface area contributed by atoms with Gasteiger partial charge in [-0.15, -0.1) is 0 Å². The molecule has 0 atom stereocenters. The van der Waals surface area contributed by atoms with E-state index in [1.54, 1.807) is 6.20 Å². The zero-order valence-corrected chi connectivity index (χ0v) is 12.0. The summed E-state index contributed by atoms with van der Waals surface area (Å²) in [5, 5.41) is 4.65. The molecule has 0 bridgehead atoms. The summed E-state index contributed by atoms with van der Waals surface area (Å²) < 4.78 is 5.40. The molecule has 2 aromatic rings. The van der Waals surface area contributed by atoms with Gasteiger partial charge in [0.25, 0.3) is 0 Å². The molecule has 104 valence electrons. The number of nitrogens with one attached hydrogen (secondary N) is 1. The Morgan fingerprint density at radius 3 is 2.80 bits per heavy atom. The number of aromatic nitrogens is 1.